The Morgan fingerprint density at radius 1 is 0.542 bits per heavy atom. The van der Waals surface area contributed by atoms with Crippen molar-refractivity contribution in [1.82, 2.24) is 19.9 Å². The van der Waals surface area contributed by atoms with Crippen molar-refractivity contribution in [2.45, 2.75) is 37.5 Å². The highest BCUT2D eigenvalue weighted by Crippen LogP contribution is 2.69. The molecule has 5 nitrogen and oxygen atoms in total. The van der Waals surface area contributed by atoms with Crippen LogP contribution in [0, 0.1) is 35.0 Å². The minimum absolute atomic E-state index is 0.0822. The topological polar surface area (TPSA) is 75.3 Å². The summed E-state index contributed by atoms with van der Waals surface area (Å²) in [5, 5.41) is 9.38. The van der Waals surface area contributed by atoms with Crippen molar-refractivity contribution in [3.63, 3.8) is 0 Å². The Kier molecular flexibility index (Phi) is 6.05. The first kappa shape index (κ1) is 27.6. The van der Waals surface area contributed by atoms with Crippen LogP contribution in [0.15, 0.2) is 115 Å². The third-order valence-corrected chi connectivity index (χ3v) is 11.8. The smallest absolute Gasteiger partial charge is 0.164 e. The Bertz CT molecular complexity index is 2240. The standard InChI is InChI=1S/C43H33N5/c44-25-26-6-4-9-32(19-26)29-11-13-31(14-12-29)41-46-40(30-7-2-1-3-8-30)47-42(48-41)33-15-16-37-36(24-33)39-38(10-5-17-45-39)43(37)34-20-27-18-28(22-34)23-35(43)21-27/h1-17,19,24,27-28,34-35H,18,20-23H2. The van der Waals surface area contributed by atoms with E-state index in [0.29, 0.717) is 34.9 Å². The average Bonchev–Trinajstić information content (AvgIpc) is 3.44. The van der Waals surface area contributed by atoms with Gasteiger partial charge in [0.1, 0.15) is 0 Å². The van der Waals surface area contributed by atoms with E-state index in [1.165, 1.54) is 48.8 Å². The van der Waals surface area contributed by atoms with E-state index in [9.17, 15) is 5.26 Å². The maximum Gasteiger partial charge on any atom is 0.164 e. The molecular weight excluding hydrogens is 587 g/mol. The molecule has 4 aromatic carbocycles. The van der Waals surface area contributed by atoms with Gasteiger partial charge in [0, 0.05) is 33.9 Å². The monoisotopic (exact) mass is 619 g/mol. The summed E-state index contributed by atoms with van der Waals surface area (Å²) in [5.74, 6) is 5.14. The number of nitriles is 1. The minimum Gasteiger partial charge on any atom is -0.256 e. The highest BCUT2D eigenvalue weighted by atomic mass is 15.0. The Balaban J connectivity index is 1.10. The summed E-state index contributed by atoms with van der Waals surface area (Å²) >= 11 is 0. The Morgan fingerprint density at radius 3 is 1.88 bits per heavy atom. The summed E-state index contributed by atoms with van der Waals surface area (Å²) in [6, 6.07) is 39.8. The lowest BCUT2D eigenvalue weighted by Gasteiger charge is -2.61. The largest absolute Gasteiger partial charge is 0.256 e. The first-order chi connectivity index (χ1) is 23.7. The van der Waals surface area contributed by atoms with Gasteiger partial charge in [-0.25, -0.2) is 15.0 Å². The maximum atomic E-state index is 9.38. The molecule has 4 fully saturated rings. The van der Waals surface area contributed by atoms with Gasteiger partial charge in [-0.1, -0.05) is 84.9 Å². The molecule has 2 aromatic heterocycles. The van der Waals surface area contributed by atoms with E-state index in [4.69, 9.17) is 19.9 Å². The molecule has 0 amide bonds. The van der Waals surface area contributed by atoms with Crippen LogP contribution in [-0.2, 0) is 5.41 Å². The van der Waals surface area contributed by atoms with E-state index >= 15 is 0 Å². The lowest BCUT2D eigenvalue weighted by molar-refractivity contribution is -0.0400. The Morgan fingerprint density at radius 2 is 1.17 bits per heavy atom. The number of hydrogen-bond donors (Lipinski definition) is 0. The summed E-state index contributed by atoms with van der Waals surface area (Å²) in [6.07, 6.45) is 8.80. The molecule has 0 saturated heterocycles. The number of benzene rings is 4. The number of nitrogens with zero attached hydrogens (tertiary/aromatic N) is 5. The van der Waals surface area contributed by atoms with Gasteiger partial charge < -0.3 is 0 Å². The minimum atomic E-state index is 0.0822. The highest BCUT2D eigenvalue weighted by molar-refractivity contribution is 5.83. The van der Waals surface area contributed by atoms with Crippen LogP contribution in [0.25, 0.3) is 56.5 Å². The second-order valence-electron chi connectivity index (χ2n) is 14.3. The maximum absolute atomic E-state index is 9.38. The zero-order valence-corrected chi connectivity index (χ0v) is 26.6. The molecule has 0 N–H and O–H groups in total. The fourth-order valence-corrected chi connectivity index (χ4v) is 10.1. The second kappa shape index (κ2) is 10.5. The van der Waals surface area contributed by atoms with Gasteiger partial charge >= 0.3 is 0 Å². The van der Waals surface area contributed by atoms with E-state index in [0.717, 1.165) is 45.3 Å². The molecule has 4 saturated carbocycles. The Labute approximate surface area is 280 Å². The van der Waals surface area contributed by atoms with Crippen LogP contribution in [-0.4, -0.2) is 19.9 Å². The van der Waals surface area contributed by atoms with E-state index in [-0.39, 0.29) is 5.41 Å². The molecule has 5 heteroatoms. The van der Waals surface area contributed by atoms with Gasteiger partial charge in [0.15, 0.2) is 17.5 Å². The molecule has 5 aliphatic carbocycles. The van der Waals surface area contributed by atoms with Crippen molar-refractivity contribution < 1.29 is 0 Å². The number of rotatable bonds is 4. The predicted molar refractivity (Wildman–Crippen MR) is 187 cm³/mol. The van der Waals surface area contributed by atoms with E-state index < -0.39 is 0 Å². The molecule has 2 heterocycles. The van der Waals surface area contributed by atoms with Gasteiger partial charge in [0.2, 0.25) is 0 Å². The summed E-state index contributed by atoms with van der Waals surface area (Å²) in [7, 11) is 0. The van der Waals surface area contributed by atoms with Crippen LogP contribution in [0.5, 0.6) is 0 Å². The SMILES string of the molecule is N#Cc1cccc(-c2ccc(-c3nc(-c4ccccc4)nc(-c4ccc5c(c4)-c4ncccc4C54C5CC6CC(C5)CC4C6)n3)cc2)c1. The highest BCUT2D eigenvalue weighted by Gasteiger charge is 2.61. The lowest BCUT2D eigenvalue weighted by Crippen LogP contribution is -2.55. The van der Waals surface area contributed by atoms with Crippen molar-refractivity contribution in [3.05, 3.63) is 132 Å². The van der Waals surface area contributed by atoms with Gasteiger partial charge in [0.05, 0.1) is 17.3 Å². The average molecular weight is 620 g/mol. The number of fused-ring (bicyclic) bond motifs is 3. The van der Waals surface area contributed by atoms with Gasteiger partial charge in [-0.15, -0.1) is 0 Å². The molecule has 0 unspecified atom stereocenters. The van der Waals surface area contributed by atoms with E-state index in [2.05, 4.69) is 60.7 Å². The fourth-order valence-electron chi connectivity index (χ4n) is 10.1. The summed E-state index contributed by atoms with van der Waals surface area (Å²) in [5.41, 5.74) is 10.9. The summed E-state index contributed by atoms with van der Waals surface area (Å²) in [6.45, 7) is 0. The van der Waals surface area contributed by atoms with Crippen LogP contribution >= 0.6 is 0 Å². The van der Waals surface area contributed by atoms with E-state index in [1.807, 2.05) is 60.8 Å². The van der Waals surface area contributed by atoms with Crippen molar-refractivity contribution in [2.24, 2.45) is 23.7 Å². The summed E-state index contributed by atoms with van der Waals surface area (Å²) < 4.78 is 0. The molecule has 1 spiro atoms. The van der Waals surface area contributed by atoms with Crippen molar-refractivity contribution in [2.75, 3.05) is 0 Å². The molecule has 11 rings (SSSR count). The van der Waals surface area contributed by atoms with Gasteiger partial charge in [-0.05, 0) is 102 Å². The second-order valence-corrected chi connectivity index (χ2v) is 14.3. The molecule has 48 heavy (non-hydrogen) atoms. The Hall–Kier alpha value is -5.47. The van der Waals surface area contributed by atoms with Crippen LogP contribution < -0.4 is 0 Å². The lowest BCUT2D eigenvalue weighted by atomic mass is 9.43. The molecule has 0 radical (unpaired) electrons. The zero-order chi connectivity index (χ0) is 31.8. The van der Waals surface area contributed by atoms with Gasteiger partial charge in [0.25, 0.3) is 0 Å². The van der Waals surface area contributed by atoms with Crippen molar-refractivity contribution in [3.8, 4) is 62.6 Å². The van der Waals surface area contributed by atoms with Crippen molar-refractivity contribution in [1.29, 1.82) is 5.26 Å². The molecular formula is C43H33N5. The molecule has 4 bridgehead atoms. The molecule has 6 aromatic rings. The van der Waals surface area contributed by atoms with Crippen LogP contribution in [0.1, 0.15) is 48.8 Å². The molecule has 5 aliphatic rings. The van der Waals surface area contributed by atoms with Gasteiger partial charge in [-0.2, -0.15) is 5.26 Å². The van der Waals surface area contributed by atoms with E-state index in [1.54, 1.807) is 0 Å². The predicted octanol–water partition coefficient (Wildman–Crippen LogP) is 9.53. The first-order valence-electron chi connectivity index (χ1n) is 17.2. The first-order valence-corrected chi connectivity index (χ1v) is 17.2. The number of aromatic nitrogens is 4. The number of pyridine rings is 1. The molecule has 230 valence electrons. The molecule has 0 aliphatic heterocycles. The third-order valence-electron chi connectivity index (χ3n) is 11.8. The normalized spacial score (nSPS) is 24.3. The van der Waals surface area contributed by atoms with Crippen LogP contribution in [0.3, 0.4) is 0 Å². The van der Waals surface area contributed by atoms with Gasteiger partial charge in [-0.3, -0.25) is 4.98 Å². The molecule has 0 atom stereocenters. The third kappa shape index (κ3) is 4.08. The number of hydrogen-bond acceptors (Lipinski definition) is 5. The van der Waals surface area contributed by atoms with Crippen molar-refractivity contribution >= 4 is 0 Å². The quantitative estimate of drug-likeness (QED) is 0.196. The fraction of sp³-hybridized carbons (Fsp3) is 0.233. The zero-order valence-electron chi connectivity index (χ0n) is 26.6. The summed E-state index contributed by atoms with van der Waals surface area (Å²) in [4.78, 5) is 20.2. The van der Waals surface area contributed by atoms with Crippen LogP contribution in [0.2, 0.25) is 0 Å². The van der Waals surface area contributed by atoms with Crippen LogP contribution in [0.4, 0.5) is 0 Å².